The van der Waals surface area contributed by atoms with Crippen LogP contribution >= 0.6 is 12.6 Å². The van der Waals surface area contributed by atoms with Gasteiger partial charge >= 0.3 is 0 Å². The zero-order chi connectivity index (χ0) is 10.3. The fourth-order valence-corrected chi connectivity index (χ4v) is 2.64. The third-order valence-electron chi connectivity index (χ3n) is 3.44. The molecule has 0 atom stereocenters. The SMILES string of the molecule is NC[N+]1(CCCCCCS)CCCC1. The van der Waals surface area contributed by atoms with Crippen LogP contribution in [0.15, 0.2) is 0 Å². The molecule has 0 aromatic carbocycles. The predicted molar refractivity (Wildman–Crippen MR) is 65.5 cm³/mol. The van der Waals surface area contributed by atoms with E-state index < -0.39 is 0 Å². The lowest BCUT2D eigenvalue weighted by Crippen LogP contribution is -2.49. The molecule has 0 bridgehead atoms. The summed E-state index contributed by atoms with van der Waals surface area (Å²) in [5, 5.41) is 0. The Morgan fingerprint density at radius 3 is 2.21 bits per heavy atom. The van der Waals surface area contributed by atoms with E-state index in [1.807, 2.05) is 0 Å². The molecule has 0 saturated carbocycles. The van der Waals surface area contributed by atoms with E-state index in [1.165, 1.54) is 62.6 Å². The van der Waals surface area contributed by atoms with E-state index in [2.05, 4.69) is 12.6 Å². The molecular weight excluding hydrogens is 192 g/mol. The van der Waals surface area contributed by atoms with Gasteiger partial charge < -0.3 is 4.48 Å². The number of quaternary nitrogens is 1. The number of rotatable bonds is 7. The molecule has 1 rings (SSSR count). The molecular formula is C11H25N2S+. The Morgan fingerprint density at radius 2 is 1.64 bits per heavy atom. The maximum absolute atomic E-state index is 5.87. The summed E-state index contributed by atoms with van der Waals surface area (Å²) in [6.45, 7) is 4.81. The van der Waals surface area contributed by atoms with Crippen molar-refractivity contribution in [2.45, 2.75) is 38.5 Å². The summed E-state index contributed by atoms with van der Waals surface area (Å²) in [5.41, 5.74) is 5.87. The maximum Gasteiger partial charge on any atom is 0.130 e. The molecule has 0 aromatic heterocycles. The molecule has 2 nitrogen and oxygen atoms in total. The summed E-state index contributed by atoms with van der Waals surface area (Å²) in [6, 6.07) is 0. The van der Waals surface area contributed by atoms with Gasteiger partial charge in [-0.25, -0.2) is 0 Å². The average Bonchev–Trinajstić information content (AvgIpc) is 2.67. The van der Waals surface area contributed by atoms with Crippen LogP contribution in [0.25, 0.3) is 0 Å². The Labute approximate surface area is 93.8 Å². The zero-order valence-electron chi connectivity index (χ0n) is 9.25. The third-order valence-corrected chi connectivity index (χ3v) is 3.76. The van der Waals surface area contributed by atoms with Crippen LogP contribution in [0.1, 0.15) is 38.5 Å². The quantitative estimate of drug-likeness (QED) is 0.381. The largest absolute Gasteiger partial charge is 0.311 e. The molecule has 84 valence electrons. The number of unbranched alkanes of at least 4 members (excludes halogenated alkanes) is 3. The highest BCUT2D eigenvalue weighted by molar-refractivity contribution is 7.80. The maximum atomic E-state index is 5.87. The van der Waals surface area contributed by atoms with Gasteiger partial charge in [-0.15, -0.1) is 0 Å². The number of nitrogens with two attached hydrogens (primary N) is 1. The monoisotopic (exact) mass is 217 g/mol. The molecule has 2 N–H and O–H groups in total. The first kappa shape index (κ1) is 12.3. The Hall–Kier alpha value is 0.270. The summed E-state index contributed by atoms with van der Waals surface area (Å²) in [4.78, 5) is 0. The summed E-state index contributed by atoms with van der Waals surface area (Å²) >= 11 is 4.22. The highest BCUT2D eigenvalue weighted by Crippen LogP contribution is 2.19. The lowest BCUT2D eigenvalue weighted by atomic mass is 10.2. The second-order valence-corrected chi connectivity index (χ2v) is 4.99. The highest BCUT2D eigenvalue weighted by atomic mass is 32.1. The van der Waals surface area contributed by atoms with Crippen molar-refractivity contribution in [1.82, 2.24) is 0 Å². The summed E-state index contributed by atoms with van der Waals surface area (Å²) in [7, 11) is 0. The summed E-state index contributed by atoms with van der Waals surface area (Å²) in [5.74, 6) is 1.04. The van der Waals surface area contributed by atoms with Gasteiger partial charge in [0, 0.05) is 12.8 Å². The molecule has 1 saturated heterocycles. The van der Waals surface area contributed by atoms with Gasteiger partial charge in [-0.05, 0) is 25.0 Å². The van der Waals surface area contributed by atoms with Crippen molar-refractivity contribution >= 4 is 12.6 Å². The number of likely N-dealkylation sites (tertiary alicyclic amines) is 1. The van der Waals surface area contributed by atoms with Gasteiger partial charge in [0.15, 0.2) is 0 Å². The van der Waals surface area contributed by atoms with E-state index in [1.54, 1.807) is 0 Å². The molecule has 3 heteroatoms. The van der Waals surface area contributed by atoms with E-state index in [-0.39, 0.29) is 0 Å². The van der Waals surface area contributed by atoms with Crippen molar-refractivity contribution in [3.05, 3.63) is 0 Å². The van der Waals surface area contributed by atoms with Crippen LogP contribution in [0.2, 0.25) is 0 Å². The fraction of sp³-hybridized carbons (Fsp3) is 1.00. The topological polar surface area (TPSA) is 26.0 Å². The van der Waals surface area contributed by atoms with Crippen molar-refractivity contribution in [2.75, 3.05) is 32.1 Å². The Kier molecular flexibility index (Phi) is 5.90. The fourth-order valence-electron chi connectivity index (χ4n) is 2.42. The van der Waals surface area contributed by atoms with E-state index in [4.69, 9.17) is 5.73 Å². The smallest absolute Gasteiger partial charge is 0.130 e. The second kappa shape index (κ2) is 6.70. The van der Waals surface area contributed by atoms with Crippen LogP contribution in [0.5, 0.6) is 0 Å². The molecule has 0 spiro atoms. The van der Waals surface area contributed by atoms with Gasteiger partial charge in [-0.1, -0.05) is 6.42 Å². The van der Waals surface area contributed by atoms with Crippen molar-refractivity contribution < 1.29 is 4.48 Å². The van der Waals surface area contributed by atoms with E-state index >= 15 is 0 Å². The lowest BCUT2D eigenvalue weighted by molar-refractivity contribution is -0.916. The molecule has 1 aliphatic rings. The number of hydrogen-bond donors (Lipinski definition) is 2. The van der Waals surface area contributed by atoms with E-state index in [0.717, 1.165) is 12.4 Å². The van der Waals surface area contributed by atoms with Crippen molar-refractivity contribution in [3.63, 3.8) is 0 Å². The first-order chi connectivity index (χ1) is 6.83. The van der Waals surface area contributed by atoms with Gasteiger partial charge in [0.05, 0.1) is 19.6 Å². The molecule has 0 aliphatic carbocycles. The minimum atomic E-state index is 0.854. The Bertz CT molecular complexity index is 144. The minimum absolute atomic E-state index is 0.854. The lowest BCUT2D eigenvalue weighted by Gasteiger charge is -2.32. The second-order valence-electron chi connectivity index (χ2n) is 4.54. The van der Waals surface area contributed by atoms with Crippen LogP contribution in [0.4, 0.5) is 0 Å². The van der Waals surface area contributed by atoms with Crippen LogP contribution in [-0.4, -0.2) is 36.5 Å². The summed E-state index contributed by atoms with van der Waals surface area (Å²) in [6.07, 6.45) is 8.09. The third kappa shape index (κ3) is 3.79. The van der Waals surface area contributed by atoms with Crippen molar-refractivity contribution in [1.29, 1.82) is 0 Å². The van der Waals surface area contributed by atoms with Crippen LogP contribution in [0, 0.1) is 0 Å². The number of thiol groups is 1. The van der Waals surface area contributed by atoms with Gasteiger partial charge in [0.1, 0.15) is 6.67 Å². The van der Waals surface area contributed by atoms with Gasteiger partial charge in [0.2, 0.25) is 0 Å². The number of hydrogen-bond acceptors (Lipinski definition) is 2. The van der Waals surface area contributed by atoms with Gasteiger partial charge in [-0.3, -0.25) is 5.73 Å². The van der Waals surface area contributed by atoms with Crippen molar-refractivity contribution in [3.8, 4) is 0 Å². The minimum Gasteiger partial charge on any atom is -0.311 e. The molecule has 0 radical (unpaired) electrons. The van der Waals surface area contributed by atoms with E-state index in [9.17, 15) is 0 Å². The van der Waals surface area contributed by atoms with Crippen LogP contribution < -0.4 is 5.73 Å². The van der Waals surface area contributed by atoms with Crippen LogP contribution in [-0.2, 0) is 0 Å². The van der Waals surface area contributed by atoms with Crippen LogP contribution in [0.3, 0.4) is 0 Å². The zero-order valence-corrected chi connectivity index (χ0v) is 10.1. The van der Waals surface area contributed by atoms with Gasteiger partial charge in [0.25, 0.3) is 0 Å². The first-order valence-electron chi connectivity index (χ1n) is 5.99. The first-order valence-corrected chi connectivity index (χ1v) is 6.62. The number of nitrogens with zero attached hydrogens (tertiary/aromatic N) is 1. The molecule has 1 fully saturated rings. The highest BCUT2D eigenvalue weighted by Gasteiger charge is 2.29. The molecule has 14 heavy (non-hydrogen) atoms. The normalized spacial score (nSPS) is 20.1. The molecule has 0 amide bonds. The summed E-state index contributed by atoms with van der Waals surface area (Å²) < 4.78 is 1.20. The molecule has 1 heterocycles. The molecule has 1 aliphatic heterocycles. The molecule has 0 aromatic rings. The Morgan fingerprint density at radius 1 is 1.00 bits per heavy atom. The van der Waals surface area contributed by atoms with Crippen molar-refractivity contribution in [2.24, 2.45) is 5.73 Å². The Balaban J connectivity index is 2.08. The van der Waals surface area contributed by atoms with E-state index in [0.29, 0.717) is 0 Å². The van der Waals surface area contributed by atoms with Gasteiger partial charge in [-0.2, -0.15) is 12.6 Å². The standard InChI is InChI=1S/C11H24N2S/c12-11-13(8-4-5-9-13)7-3-1-2-6-10-14/h1-12H2/p+1. The molecule has 0 unspecified atom stereocenters. The predicted octanol–water partition coefficient (Wildman–Crippen LogP) is 2.00. The average molecular weight is 217 g/mol.